The Bertz CT molecular complexity index is 2940. The number of fused-ring (bicyclic) bond motifs is 1. The lowest BCUT2D eigenvalue weighted by Crippen LogP contribution is -2.58. The monoisotopic (exact) mass is 965 g/mol. The molecule has 4 aromatic carbocycles. The number of hydrogen-bond donors (Lipinski definition) is 3. The standard InChI is InChI=1S/C49H50FN6O10PS/c1-31-25-37(63-24-21-55-19-22-56(3,23-20-55)30-65-67(59,60)61)26-32(2)42(31)43-44-47(52-29-53-48(44)68-45(43)33-13-15-35(50)16-14-33)66-41(49(57)58)27-34-9-5-7-11-39(34)64-28-36-17-18-51-46(54-36)38-10-6-8-12-40(38)62-4/h5-18,25-26,29,41H,19-24,27-28,30H2,1-4H3,(H2-,57,58,59,60,61)/p+1. The summed E-state index contributed by atoms with van der Waals surface area (Å²) in [6.45, 7) is 7.78. The topological polar surface area (TPSA) is 196 Å². The Hall–Kier alpha value is -6.37. The van der Waals surface area contributed by atoms with Gasteiger partial charge in [-0.2, -0.15) is 0 Å². The molecular weight excluding hydrogens is 915 g/mol. The van der Waals surface area contributed by atoms with Crippen LogP contribution in [0.2, 0.25) is 0 Å². The van der Waals surface area contributed by atoms with Crippen molar-refractivity contribution in [3.8, 4) is 56.1 Å². The quantitative estimate of drug-likeness (QED) is 0.0519. The fourth-order valence-corrected chi connectivity index (χ4v) is 9.78. The van der Waals surface area contributed by atoms with Crippen molar-refractivity contribution in [3.05, 3.63) is 132 Å². The minimum absolute atomic E-state index is 0.0632. The van der Waals surface area contributed by atoms with Crippen LogP contribution in [0.15, 0.2) is 104 Å². The maximum Gasteiger partial charge on any atom is 0.474 e. The van der Waals surface area contributed by atoms with Gasteiger partial charge in [0.2, 0.25) is 12.0 Å². The van der Waals surface area contributed by atoms with Gasteiger partial charge in [-0.05, 0) is 90.2 Å². The van der Waals surface area contributed by atoms with Gasteiger partial charge < -0.3 is 38.3 Å². The predicted octanol–water partition coefficient (Wildman–Crippen LogP) is 8.11. The number of rotatable bonds is 19. The van der Waals surface area contributed by atoms with Crippen LogP contribution in [0.25, 0.3) is 43.2 Å². The summed E-state index contributed by atoms with van der Waals surface area (Å²) in [6.07, 6.45) is 1.53. The van der Waals surface area contributed by atoms with Gasteiger partial charge in [-0.25, -0.2) is 38.2 Å². The Morgan fingerprint density at radius 3 is 2.32 bits per heavy atom. The van der Waals surface area contributed by atoms with Crippen LogP contribution in [0.1, 0.15) is 22.4 Å². The molecule has 0 radical (unpaired) electrons. The van der Waals surface area contributed by atoms with E-state index < -0.39 is 19.9 Å². The second-order valence-electron chi connectivity index (χ2n) is 16.7. The summed E-state index contributed by atoms with van der Waals surface area (Å²) in [7, 11) is -1.05. The Morgan fingerprint density at radius 2 is 1.62 bits per heavy atom. The van der Waals surface area contributed by atoms with Gasteiger partial charge in [-0.3, -0.25) is 4.90 Å². The lowest BCUT2D eigenvalue weighted by molar-refractivity contribution is -0.928. The minimum Gasteiger partial charge on any atom is -0.496 e. The van der Waals surface area contributed by atoms with E-state index in [1.165, 1.54) is 29.8 Å². The van der Waals surface area contributed by atoms with E-state index in [0.29, 0.717) is 88.4 Å². The fraction of sp³-hybridized carbons (Fsp3) is 0.286. The summed E-state index contributed by atoms with van der Waals surface area (Å²) in [5.74, 6) is 0.716. The molecule has 8 rings (SSSR count). The number of piperazine rings is 1. The number of carboxylic acids is 1. The highest BCUT2D eigenvalue weighted by molar-refractivity contribution is 7.46. The lowest BCUT2D eigenvalue weighted by Gasteiger charge is -2.41. The molecule has 4 heterocycles. The number of aliphatic carboxylic acids is 1. The molecule has 1 unspecified atom stereocenters. The van der Waals surface area contributed by atoms with Gasteiger partial charge in [-0.15, -0.1) is 11.3 Å². The number of phosphoric ester groups is 1. The summed E-state index contributed by atoms with van der Waals surface area (Å²) in [4.78, 5) is 53.3. The Kier molecular flexibility index (Phi) is 14.8. The third-order valence-electron chi connectivity index (χ3n) is 11.8. The third kappa shape index (κ3) is 11.5. The summed E-state index contributed by atoms with van der Waals surface area (Å²) in [5.41, 5.74) is 5.97. The lowest BCUT2D eigenvalue weighted by atomic mass is 9.92. The first-order valence-corrected chi connectivity index (χ1v) is 24.1. The number of aryl methyl sites for hydroxylation is 2. The summed E-state index contributed by atoms with van der Waals surface area (Å²) in [5, 5.41) is 11.2. The van der Waals surface area contributed by atoms with E-state index in [1.807, 2.05) is 57.3 Å². The van der Waals surface area contributed by atoms with Crippen molar-refractivity contribution in [1.29, 1.82) is 0 Å². The molecule has 16 nitrogen and oxygen atoms in total. The largest absolute Gasteiger partial charge is 0.496 e. The van der Waals surface area contributed by atoms with E-state index in [4.69, 9.17) is 38.2 Å². The number of carboxylic acid groups (broad SMARTS) is 1. The van der Waals surface area contributed by atoms with Crippen LogP contribution in [-0.2, 0) is 26.9 Å². The zero-order valence-electron chi connectivity index (χ0n) is 37.9. The van der Waals surface area contributed by atoms with Crippen molar-refractivity contribution in [1.82, 2.24) is 24.8 Å². The number of ether oxygens (including phenoxy) is 4. The second-order valence-corrected chi connectivity index (χ2v) is 19.0. The number of para-hydroxylation sites is 2. The van der Waals surface area contributed by atoms with Gasteiger partial charge in [0.25, 0.3) is 0 Å². The molecule has 0 spiro atoms. The average molecular weight is 966 g/mol. The van der Waals surface area contributed by atoms with E-state index in [0.717, 1.165) is 38.3 Å². The number of thiophene rings is 1. The molecule has 1 saturated heterocycles. The average Bonchev–Trinajstić information content (AvgIpc) is 3.71. The Labute approximate surface area is 396 Å². The summed E-state index contributed by atoms with van der Waals surface area (Å²) in [6, 6.07) is 26.5. The number of methoxy groups -OCH3 is 1. The van der Waals surface area contributed by atoms with Crippen LogP contribution >= 0.6 is 19.2 Å². The van der Waals surface area contributed by atoms with Gasteiger partial charge in [0.1, 0.15) is 47.4 Å². The number of benzene rings is 4. The molecule has 1 aliphatic heterocycles. The first-order chi connectivity index (χ1) is 32.7. The van der Waals surface area contributed by atoms with Crippen LogP contribution in [0.3, 0.4) is 0 Å². The first-order valence-electron chi connectivity index (χ1n) is 21.8. The highest BCUT2D eigenvalue weighted by atomic mass is 32.1. The van der Waals surface area contributed by atoms with Crippen molar-refractivity contribution in [2.45, 2.75) is 33.0 Å². The molecule has 0 saturated carbocycles. The van der Waals surface area contributed by atoms with Crippen LogP contribution in [-0.4, -0.2) is 117 Å². The molecule has 0 amide bonds. The molecule has 68 heavy (non-hydrogen) atoms. The van der Waals surface area contributed by atoms with Gasteiger partial charge >= 0.3 is 13.8 Å². The van der Waals surface area contributed by atoms with E-state index in [1.54, 1.807) is 55.8 Å². The third-order valence-corrected chi connectivity index (χ3v) is 13.4. The normalized spacial score (nSPS) is 14.4. The van der Waals surface area contributed by atoms with Crippen molar-refractivity contribution in [3.63, 3.8) is 0 Å². The zero-order chi connectivity index (χ0) is 48.0. The maximum atomic E-state index is 14.3. The van der Waals surface area contributed by atoms with Gasteiger partial charge in [-0.1, -0.05) is 42.5 Å². The SMILES string of the molecule is COc1ccccc1-c1nccc(COc2ccccc2CC(Oc2ncnc3sc(-c4ccc(F)cc4)c(-c4c(C)cc(OCCN5CC[N+](C)(COP(=O)(O)O)CC5)cc4C)c23)C(=O)O)n1. The number of aromatic nitrogens is 4. The van der Waals surface area contributed by atoms with Crippen LogP contribution in [0.5, 0.6) is 23.1 Å². The Morgan fingerprint density at radius 1 is 0.912 bits per heavy atom. The number of likely N-dealkylation sites (N-methyl/N-ethyl adjacent to an activating group) is 1. The molecule has 3 N–H and O–H groups in total. The molecule has 1 atom stereocenters. The van der Waals surface area contributed by atoms with E-state index >= 15 is 0 Å². The van der Waals surface area contributed by atoms with E-state index in [9.17, 15) is 18.9 Å². The molecule has 354 valence electrons. The molecule has 3 aromatic heterocycles. The molecule has 0 bridgehead atoms. The number of hydrogen-bond acceptors (Lipinski definition) is 13. The summed E-state index contributed by atoms with van der Waals surface area (Å²) < 4.78 is 55.2. The van der Waals surface area contributed by atoms with Crippen LogP contribution in [0, 0.1) is 19.7 Å². The predicted molar refractivity (Wildman–Crippen MR) is 254 cm³/mol. The molecule has 19 heteroatoms. The molecule has 0 aliphatic carbocycles. The van der Waals surface area contributed by atoms with Gasteiger partial charge in [0.15, 0.2) is 12.6 Å². The number of nitrogens with zero attached hydrogens (tertiary/aromatic N) is 6. The molecule has 1 fully saturated rings. The number of carbonyl (C=O) groups is 1. The van der Waals surface area contributed by atoms with Crippen molar-refractivity contribution < 1.29 is 56.6 Å². The van der Waals surface area contributed by atoms with E-state index in [2.05, 4.69) is 19.9 Å². The van der Waals surface area contributed by atoms with Crippen LogP contribution in [0.4, 0.5) is 4.39 Å². The van der Waals surface area contributed by atoms with Crippen molar-refractivity contribution in [2.24, 2.45) is 0 Å². The zero-order valence-corrected chi connectivity index (χ0v) is 39.6. The molecule has 1 aliphatic rings. The van der Waals surface area contributed by atoms with E-state index in [-0.39, 0.29) is 31.5 Å². The molecule has 7 aromatic rings. The summed E-state index contributed by atoms with van der Waals surface area (Å²) >= 11 is 1.37. The van der Waals surface area contributed by atoms with Crippen molar-refractivity contribution in [2.75, 3.05) is 60.2 Å². The smallest absolute Gasteiger partial charge is 0.474 e. The van der Waals surface area contributed by atoms with Crippen LogP contribution < -0.4 is 18.9 Å². The number of halogens is 1. The number of quaternary nitrogens is 1. The number of phosphoric acid groups is 1. The second kappa shape index (κ2) is 20.9. The first kappa shape index (κ1) is 48.1. The Balaban J connectivity index is 1.04. The maximum absolute atomic E-state index is 14.3. The highest BCUT2D eigenvalue weighted by Crippen LogP contribution is 2.49. The van der Waals surface area contributed by atoms with Gasteiger partial charge in [0.05, 0.1) is 43.9 Å². The molecular formula is C49H51FN6O10PS+. The fourth-order valence-electron chi connectivity index (χ4n) is 8.20. The van der Waals surface area contributed by atoms with Gasteiger partial charge in [0, 0.05) is 42.7 Å². The van der Waals surface area contributed by atoms with Crippen molar-refractivity contribution >= 4 is 35.3 Å². The highest BCUT2D eigenvalue weighted by Gasteiger charge is 2.32. The minimum atomic E-state index is -4.55.